The Morgan fingerprint density at radius 2 is 2.17 bits per heavy atom. The van der Waals surface area contributed by atoms with Gasteiger partial charge in [-0.15, -0.1) is 0 Å². The Bertz CT molecular complexity index is 845. The van der Waals surface area contributed by atoms with Crippen molar-refractivity contribution in [3.63, 3.8) is 0 Å². The van der Waals surface area contributed by atoms with Gasteiger partial charge in [-0.3, -0.25) is 4.90 Å². The van der Waals surface area contributed by atoms with Gasteiger partial charge in [0.1, 0.15) is 5.75 Å². The molecule has 2 bridgehead atoms. The lowest BCUT2D eigenvalue weighted by molar-refractivity contribution is 0.217. The van der Waals surface area contributed by atoms with Crippen molar-refractivity contribution in [3.05, 3.63) is 54.1 Å². The van der Waals surface area contributed by atoms with Crippen LogP contribution in [0.25, 0.3) is 10.2 Å². The molecule has 2 fully saturated rings. The summed E-state index contributed by atoms with van der Waals surface area (Å²) in [6, 6.07) is 17.9. The molecule has 1 aromatic heterocycles. The molecule has 122 valence electrons. The van der Waals surface area contributed by atoms with Crippen molar-refractivity contribution >= 4 is 21.6 Å². The van der Waals surface area contributed by atoms with Crippen LogP contribution in [0.5, 0.6) is 10.9 Å². The number of nitrogens with zero attached hydrogens (tertiary/aromatic N) is 2. The molecule has 0 saturated carbocycles. The van der Waals surface area contributed by atoms with Gasteiger partial charge in [-0.25, -0.2) is 4.98 Å². The standard InChI is InChI=1S/C19H19N3OS/c1-2-7-18-17(6-1)21-19(24-18)23-16-5-3-4-13(8-16)11-22-12-14-9-15(22)10-20-14/h1-8,14-15,20H,9-12H2. The van der Waals surface area contributed by atoms with Crippen molar-refractivity contribution in [1.29, 1.82) is 0 Å². The van der Waals surface area contributed by atoms with Crippen molar-refractivity contribution in [2.45, 2.75) is 25.0 Å². The number of nitrogens with one attached hydrogen (secondary N) is 1. The first-order valence-electron chi connectivity index (χ1n) is 8.43. The van der Waals surface area contributed by atoms with E-state index in [-0.39, 0.29) is 0 Å². The number of hydrogen-bond acceptors (Lipinski definition) is 5. The number of benzene rings is 2. The summed E-state index contributed by atoms with van der Waals surface area (Å²) in [5.41, 5.74) is 2.30. The number of fused-ring (bicyclic) bond motifs is 3. The fourth-order valence-corrected chi connectivity index (χ4v) is 4.61. The first-order chi connectivity index (χ1) is 11.8. The Morgan fingerprint density at radius 1 is 1.21 bits per heavy atom. The van der Waals surface area contributed by atoms with Crippen LogP contribution in [-0.4, -0.2) is 35.1 Å². The van der Waals surface area contributed by atoms with Crippen molar-refractivity contribution in [3.8, 4) is 10.9 Å². The first kappa shape index (κ1) is 14.4. The molecule has 2 aliphatic heterocycles. The summed E-state index contributed by atoms with van der Waals surface area (Å²) in [5, 5.41) is 4.26. The predicted molar refractivity (Wildman–Crippen MR) is 96.7 cm³/mol. The SMILES string of the molecule is c1cc(CN2CC3CC2CN3)cc(Oc2nc3ccccc3s2)c1. The molecule has 2 aliphatic rings. The van der Waals surface area contributed by atoms with Crippen LogP contribution >= 0.6 is 11.3 Å². The number of aromatic nitrogens is 1. The second kappa shape index (κ2) is 5.84. The highest BCUT2D eigenvalue weighted by molar-refractivity contribution is 7.20. The van der Waals surface area contributed by atoms with Gasteiger partial charge in [0.05, 0.1) is 10.2 Å². The summed E-state index contributed by atoms with van der Waals surface area (Å²) in [6.07, 6.45) is 1.29. The summed E-state index contributed by atoms with van der Waals surface area (Å²) in [6.45, 7) is 3.29. The van der Waals surface area contributed by atoms with Gasteiger partial charge in [-0.2, -0.15) is 0 Å². The monoisotopic (exact) mass is 337 g/mol. The fourth-order valence-electron chi connectivity index (χ4n) is 3.78. The van der Waals surface area contributed by atoms with E-state index < -0.39 is 0 Å². The average Bonchev–Trinajstić information content (AvgIpc) is 3.29. The molecule has 24 heavy (non-hydrogen) atoms. The van der Waals surface area contributed by atoms with E-state index in [1.54, 1.807) is 11.3 Å². The zero-order valence-electron chi connectivity index (χ0n) is 13.3. The van der Waals surface area contributed by atoms with Crippen LogP contribution in [0.2, 0.25) is 0 Å². The van der Waals surface area contributed by atoms with E-state index in [2.05, 4.69) is 39.5 Å². The lowest BCUT2D eigenvalue weighted by Gasteiger charge is -2.27. The van der Waals surface area contributed by atoms with E-state index in [0.29, 0.717) is 17.3 Å². The molecule has 1 N–H and O–H groups in total. The van der Waals surface area contributed by atoms with Crippen LogP contribution in [0, 0.1) is 0 Å². The Morgan fingerprint density at radius 3 is 3.00 bits per heavy atom. The third-order valence-electron chi connectivity index (χ3n) is 4.93. The molecule has 2 aromatic carbocycles. The van der Waals surface area contributed by atoms with E-state index in [1.165, 1.54) is 12.0 Å². The minimum absolute atomic E-state index is 0.692. The molecule has 0 spiro atoms. The fraction of sp³-hybridized carbons (Fsp3) is 0.316. The summed E-state index contributed by atoms with van der Waals surface area (Å²) in [4.78, 5) is 7.13. The lowest BCUT2D eigenvalue weighted by atomic mass is 10.2. The van der Waals surface area contributed by atoms with Gasteiger partial charge in [-0.05, 0) is 36.2 Å². The number of thiazole rings is 1. The average molecular weight is 337 g/mol. The second-order valence-corrected chi connectivity index (χ2v) is 7.61. The van der Waals surface area contributed by atoms with Crippen molar-refractivity contribution in [2.75, 3.05) is 13.1 Å². The molecule has 3 heterocycles. The Kier molecular flexibility index (Phi) is 3.51. The van der Waals surface area contributed by atoms with Gasteiger partial charge < -0.3 is 10.1 Å². The first-order valence-corrected chi connectivity index (χ1v) is 9.25. The highest BCUT2D eigenvalue weighted by Crippen LogP contribution is 2.32. The van der Waals surface area contributed by atoms with Crippen LogP contribution in [0.3, 0.4) is 0 Å². The van der Waals surface area contributed by atoms with Gasteiger partial charge in [-0.1, -0.05) is 35.6 Å². The molecule has 3 aromatic rings. The van der Waals surface area contributed by atoms with Gasteiger partial charge in [0, 0.05) is 31.7 Å². The third-order valence-corrected chi connectivity index (χ3v) is 5.85. The van der Waals surface area contributed by atoms with Crippen LogP contribution < -0.4 is 10.1 Å². The highest BCUT2D eigenvalue weighted by atomic mass is 32.1. The van der Waals surface area contributed by atoms with Crippen LogP contribution in [-0.2, 0) is 6.54 Å². The van der Waals surface area contributed by atoms with Crippen molar-refractivity contribution in [1.82, 2.24) is 15.2 Å². The van der Waals surface area contributed by atoms with E-state index in [4.69, 9.17) is 4.74 Å². The molecular weight excluding hydrogens is 318 g/mol. The smallest absolute Gasteiger partial charge is 0.279 e. The highest BCUT2D eigenvalue weighted by Gasteiger charge is 2.37. The van der Waals surface area contributed by atoms with E-state index in [0.717, 1.165) is 35.6 Å². The Hall–Kier alpha value is -1.95. The summed E-state index contributed by atoms with van der Waals surface area (Å²) >= 11 is 1.59. The maximum absolute atomic E-state index is 6.01. The third kappa shape index (κ3) is 2.69. The van der Waals surface area contributed by atoms with Gasteiger partial charge in [0.2, 0.25) is 0 Å². The molecule has 0 amide bonds. The maximum atomic E-state index is 6.01. The molecule has 5 rings (SSSR count). The van der Waals surface area contributed by atoms with E-state index >= 15 is 0 Å². The number of piperazine rings is 1. The molecule has 0 radical (unpaired) electrons. The Balaban J connectivity index is 1.33. The number of rotatable bonds is 4. The molecule has 2 saturated heterocycles. The normalized spacial score (nSPS) is 23.2. The number of likely N-dealkylation sites (tertiary alicyclic amines) is 1. The van der Waals surface area contributed by atoms with Crippen LogP contribution in [0.15, 0.2) is 48.5 Å². The largest absolute Gasteiger partial charge is 0.431 e. The zero-order valence-corrected chi connectivity index (χ0v) is 14.1. The topological polar surface area (TPSA) is 37.4 Å². The minimum Gasteiger partial charge on any atom is -0.431 e. The quantitative estimate of drug-likeness (QED) is 0.789. The zero-order chi connectivity index (χ0) is 15.9. The van der Waals surface area contributed by atoms with Crippen molar-refractivity contribution < 1.29 is 4.74 Å². The Labute approximate surface area is 145 Å². The number of hydrogen-bond donors (Lipinski definition) is 1. The van der Waals surface area contributed by atoms with Gasteiger partial charge in [0.25, 0.3) is 5.19 Å². The van der Waals surface area contributed by atoms with Crippen LogP contribution in [0.4, 0.5) is 0 Å². The molecule has 2 atom stereocenters. The number of ether oxygens (including phenoxy) is 1. The summed E-state index contributed by atoms with van der Waals surface area (Å²) < 4.78 is 7.16. The molecule has 2 unspecified atom stereocenters. The van der Waals surface area contributed by atoms with E-state index in [9.17, 15) is 0 Å². The summed E-state index contributed by atoms with van der Waals surface area (Å²) in [5.74, 6) is 0.869. The molecule has 0 aliphatic carbocycles. The maximum Gasteiger partial charge on any atom is 0.279 e. The number of para-hydroxylation sites is 1. The molecule has 5 heteroatoms. The minimum atomic E-state index is 0.692. The molecule has 4 nitrogen and oxygen atoms in total. The van der Waals surface area contributed by atoms with Gasteiger partial charge >= 0.3 is 0 Å². The van der Waals surface area contributed by atoms with Crippen LogP contribution in [0.1, 0.15) is 12.0 Å². The van der Waals surface area contributed by atoms with Gasteiger partial charge in [0.15, 0.2) is 0 Å². The lowest BCUT2D eigenvalue weighted by Crippen LogP contribution is -2.42. The van der Waals surface area contributed by atoms with Crippen molar-refractivity contribution in [2.24, 2.45) is 0 Å². The second-order valence-electron chi connectivity index (χ2n) is 6.62. The predicted octanol–water partition coefficient (Wildman–Crippen LogP) is 3.63. The van der Waals surface area contributed by atoms with E-state index in [1.807, 2.05) is 24.3 Å². The summed E-state index contributed by atoms with van der Waals surface area (Å²) in [7, 11) is 0. The molecular formula is C19H19N3OS.